The van der Waals surface area contributed by atoms with Crippen molar-refractivity contribution < 1.29 is 19.1 Å². The molecular formula is C27H30N6O4. The van der Waals surface area contributed by atoms with Gasteiger partial charge >= 0.3 is 0 Å². The molecule has 2 aromatic carbocycles. The van der Waals surface area contributed by atoms with E-state index < -0.39 is 17.5 Å². The van der Waals surface area contributed by atoms with Crippen LogP contribution in [0, 0.1) is 13.8 Å². The summed E-state index contributed by atoms with van der Waals surface area (Å²) in [5.41, 5.74) is 1.52. The SMILES string of the molecule is Cc1ccc(N(C(=O)Cn2nnc(-c3ccc(C)o3)n2)C(C(=O)NC(C)(C)C)c2ccc(O)cc2)cc1. The van der Waals surface area contributed by atoms with Crippen LogP contribution in [0.25, 0.3) is 11.6 Å². The van der Waals surface area contributed by atoms with E-state index in [1.165, 1.54) is 21.8 Å². The number of furan rings is 1. The highest BCUT2D eigenvalue weighted by molar-refractivity contribution is 6.01. The molecule has 0 aliphatic rings. The van der Waals surface area contributed by atoms with Gasteiger partial charge in [-0.1, -0.05) is 29.8 Å². The second kappa shape index (κ2) is 10.3. The highest BCUT2D eigenvalue weighted by Crippen LogP contribution is 2.30. The molecule has 4 aromatic rings. The molecule has 1 atom stereocenters. The maximum Gasteiger partial charge on any atom is 0.251 e. The van der Waals surface area contributed by atoms with E-state index in [1.54, 1.807) is 36.4 Å². The number of hydrogen-bond donors (Lipinski definition) is 2. The van der Waals surface area contributed by atoms with Crippen LogP contribution in [0.5, 0.6) is 5.75 Å². The average molecular weight is 503 g/mol. The summed E-state index contributed by atoms with van der Waals surface area (Å²) in [6.07, 6.45) is 0. The summed E-state index contributed by atoms with van der Waals surface area (Å²) < 4.78 is 5.55. The van der Waals surface area contributed by atoms with Gasteiger partial charge in [0, 0.05) is 11.2 Å². The molecule has 192 valence electrons. The van der Waals surface area contributed by atoms with Crippen molar-refractivity contribution in [2.45, 2.75) is 52.7 Å². The molecule has 0 aliphatic carbocycles. The van der Waals surface area contributed by atoms with Gasteiger partial charge in [0.05, 0.1) is 0 Å². The number of phenolic OH excluding ortho intramolecular Hbond substituents is 1. The third kappa shape index (κ3) is 6.21. The standard InChI is InChI=1S/C27H30N6O4/c1-17-6-11-20(12-7-17)33(23(35)16-32-30-25(29-31-32)22-15-8-18(2)37-22)24(26(36)28-27(3,4)5)19-9-13-21(34)14-10-19/h6-15,24,34H,16H2,1-5H3,(H,28,36). The fourth-order valence-corrected chi connectivity index (χ4v) is 3.82. The van der Waals surface area contributed by atoms with Crippen LogP contribution in [0.3, 0.4) is 0 Å². The summed E-state index contributed by atoms with van der Waals surface area (Å²) in [4.78, 5) is 30.1. The monoisotopic (exact) mass is 502 g/mol. The summed E-state index contributed by atoms with van der Waals surface area (Å²) in [6.45, 7) is 9.09. The normalized spacial score (nSPS) is 12.2. The third-order valence-electron chi connectivity index (χ3n) is 5.48. The minimum atomic E-state index is -1.02. The number of amides is 2. The molecule has 0 aliphatic heterocycles. The molecule has 2 amide bonds. The van der Waals surface area contributed by atoms with Gasteiger partial charge in [0.15, 0.2) is 5.76 Å². The van der Waals surface area contributed by atoms with Crippen molar-refractivity contribution in [3.63, 3.8) is 0 Å². The number of nitrogens with one attached hydrogen (secondary N) is 1. The summed E-state index contributed by atoms with van der Waals surface area (Å²) in [5.74, 6) is 0.659. The number of aromatic hydroxyl groups is 1. The fourth-order valence-electron chi connectivity index (χ4n) is 3.82. The molecule has 0 spiro atoms. The Balaban J connectivity index is 1.74. The molecule has 0 radical (unpaired) electrons. The number of carbonyl (C=O) groups excluding carboxylic acids is 2. The lowest BCUT2D eigenvalue weighted by Gasteiger charge is -2.33. The van der Waals surface area contributed by atoms with Gasteiger partial charge in [-0.05, 0) is 81.8 Å². The summed E-state index contributed by atoms with van der Waals surface area (Å²) in [7, 11) is 0. The Bertz CT molecular complexity index is 1380. The summed E-state index contributed by atoms with van der Waals surface area (Å²) in [5, 5.41) is 25.1. The largest absolute Gasteiger partial charge is 0.508 e. The zero-order chi connectivity index (χ0) is 26.7. The zero-order valence-electron chi connectivity index (χ0n) is 21.5. The fraction of sp³-hybridized carbons (Fsp3) is 0.296. The molecule has 2 aromatic heterocycles. The number of aromatic nitrogens is 4. The van der Waals surface area contributed by atoms with Gasteiger partial charge in [-0.3, -0.25) is 14.5 Å². The molecule has 2 N–H and O–H groups in total. The lowest BCUT2D eigenvalue weighted by atomic mass is 10.0. The van der Waals surface area contributed by atoms with Crippen molar-refractivity contribution in [2.24, 2.45) is 0 Å². The van der Waals surface area contributed by atoms with E-state index in [0.717, 1.165) is 5.56 Å². The van der Waals surface area contributed by atoms with Crippen molar-refractivity contribution in [3.8, 4) is 17.3 Å². The van der Waals surface area contributed by atoms with E-state index >= 15 is 0 Å². The number of rotatable bonds is 7. The molecule has 10 nitrogen and oxygen atoms in total. The molecular weight excluding hydrogens is 472 g/mol. The van der Waals surface area contributed by atoms with Crippen LogP contribution < -0.4 is 10.2 Å². The predicted octanol–water partition coefficient (Wildman–Crippen LogP) is 3.94. The van der Waals surface area contributed by atoms with Gasteiger partial charge < -0.3 is 14.8 Å². The van der Waals surface area contributed by atoms with Crippen molar-refractivity contribution in [3.05, 3.63) is 77.6 Å². The summed E-state index contributed by atoms with van der Waals surface area (Å²) in [6, 6.07) is 16.0. The van der Waals surface area contributed by atoms with Crippen molar-refractivity contribution in [1.29, 1.82) is 0 Å². The van der Waals surface area contributed by atoms with E-state index in [4.69, 9.17) is 4.42 Å². The Morgan fingerprint density at radius 1 is 1.03 bits per heavy atom. The van der Waals surface area contributed by atoms with Gasteiger partial charge in [0.25, 0.3) is 5.91 Å². The topological polar surface area (TPSA) is 126 Å². The van der Waals surface area contributed by atoms with Crippen LogP contribution >= 0.6 is 0 Å². The number of carbonyl (C=O) groups is 2. The van der Waals surface area contributed by atoms with Crippen molar-refractivity contribution >= 4 is 17.5 Å². The molecule has 10 heteroatoms. The van der Waals surface area contributed by atoms with Crippen LogP contribution in [0.15, 0.2) is 65.1 Å². The minimum absolute atomic E-state index is 0.0550. The number of anilines is 1. The smallest absolute Gasteiger partial charge is 0.251 e. The molecule has 0 saturated carbocycles. The molecule has 0 saturated heterocycles. The molecule has 37 heavy (non-hydrogen) atoms. The number of tetrazole rings is 1. The first-order valence-electron chi connectivity index (χ1n) is 11.8. The van der Waals surface area contributed by atoms with Gasteiger partial charge in [-0.25, -0.2) is 0 Å². The molecule has 0 bridgehead atoms. The van der Waals surface area contributed by atoms with Gasteiger partial charge in [-0.15, -0.1) is 10.2 Å². The number of phenols is 1. The number of aryl methyl sites for hydroxylation is 2. The second-order valence-corrected chi connectivity index (χ2v) is 9.89. The minimum Gasteiger partial charge on any atom is -0.508 e. The van der Waals surface area contributed by atoms with Crippen LogP contribution in [0.4, 0.5) is 5.69 Å². The highest BCUT2D eigenvalue weighted by Gasteiger charge is 2.35. The number of nitrogens with zero attached hydrogens (tertiary/aromatic N) is 5. The molecule has 2 heterocycles. The Kier molecular flexibility index (Phi) is 7.10. The zero-order valence-corrected chi connectivity index (χ0v) is 21.5. The Labute approximate surface area is 214 Å². The van der Waals surface area contributed by atoms with E-state index in [-0.39, 0.29) is 24.0 Å². The lowest BCUT2D eigenvalue weighted by Crippen LogP contribution is -2.50. The Hall–Kier alpha value is -4.47. The van der Waals surface area contributed by atoms with Crippen molar-refractivity contribution in [1.82, 2.24) is 25.5 Å². The van der Waals surface area contributed by atoms with Gasteiger partial charge in [-0.2, -0.15) is 4.80 Å². The molecule has 0 fully saturated rings. The van der Waals surface area contributed by atoms with E-state index in [0.29, 0.717) is 22.8 Å². The average Bonchev–Trinajstić information content (AvgIpc) is 3.46. The molecule has 4 rings (SSSR count). The summed E-state index contributed by atoms with van der Waals surface area (Å²) >= 11 is 0. The van der Waals surface area contributed by atoms with E-state index in [2.05, 4.69) is 20.7 Å². The highest BCUT2D eigenvalue weighted by atomic mass is 16.3. The first-order valence-corrected chi connectivity index (χ1v) is 11.8. The number of hydrogen-bond acceptors (Lipinski definition) is 7. The maximum absolute atomic E-state index is 13.8. The first-order chi connectivity index (χ1) is 17.5. The second-order valence-electron chi connectivity index (χ2n) is 9.89. The maximum atomic E-state index is 13.8. The van der Waals surface area contributed by atoms with E-state index in [1.807, 2.05) is 46.8 Å². The van der Waals surface area contributed by atoms with Gasteiger partial charge in [0.1, 0.15) is 24.1 Å². The van der Waals surface area contributed by atoms with Gasteiger partial charge in [0.2, 0.25) is 11.7 Å². The third-order valence-corrected chi connectivity index (χ3v) is 5.48. The molecule has 1 unspecified atom stereocenters. The van der Waals surface area contributed by atoms with Crippen LogP contribution in [0.2, 0.25) is 0 Å². The lowest BCUT2D eigenvalue weighted by molar-refractivity contribution is -0.128. The Morgan fingerprint density at radius 3 is 2.30 bits per heavy atom. The Morgan fingerprint density at radius 2 is 1.70 bits per heavy atom. The van der Waals surface area contributed by atoms with Crippen LogP contribution in [-0.2, 0) is 16.1 Å². The predicted molar refractivity (Wildman–Crippen MR) is 138 cm³/mol. The van der Waals surface area contributed by atoms with Crippen molar-refractivity contribution in [2.75, 3.05) is 4.90 Å². The van der Waals surface area contributed by atoms with Crippen LogP contribution in [-0.4, -0.2) is 42.7 Å². The van der Waals surface area contributed by atoms with Crippen LogP contribution in [0.1, 0.15) is 43.7 Å². The quantitative estimate of drug-likeness (QED) is 0.392. The first kappa shape index (κ1) is 25.6. The van der Waals surface area contributed by atoms with E-state index in [9.17, 15) is 14.7 Å². The number of benzene rings is 2.